The summed E-state index contributed by atoms with van der Waals surface area (Å²) in [5.74, 6) is 1.82. The summed E-state index contributed by atoms with van der Waals surface area (Å²) in [6.45, 7) is 0. The number of aromatic nitrogens is 6. The molecule has 5 rings (SSSR count). The number of rotatable bonds is 3. The Hall–Kier alpha value is -3.13. The maximum absolute atomic E-state index is 12.2. The molecule has 2 aromatic carbocycles. The third-order valence-electron chi connectivity index (χ3n) is 4.00. The molecule has 25 heavy (non-hydrogen) atoms. The molecule has 0 aliphatic heterocycles. The number of H-pyrrole nitrogens is 2. The predicted octanol–water partition coefficient (Wildman–Crippen LogP) is 2.74. The molecule has 0 atom stereocenters. The molecule has 8 heteroatoms. The van der Waals surface area contributed by atoms with Gasteiger partial charge < -0.3 is 4.98 Å². The molecule has 0 unspecified atom stereocenters. The van der Waals surface area contributed by atoms with Crippen molar-refractivity contribution in [3.8, 4) is 0 Å². The van der Waals surface area contributed by atoms with E-state index in [1.807, 2.05) is 46.9 Å². The molecule has 7 nitrogen and oxygen atoms in total. The zero-order chi connectivity index (χ0) is 16.8. The number of para-hydroxylation sites is 3. The van der Waals surface area contributed by atoms with Crippen LogP contribution < -0.4 is 5.56 Å². The van der Waals surface area contributed by atoms with Gasteiger partial charge in [-0.15, -0.1) is 5.10 Å². The van der Waals surface area contributed by atoms with Crippen molar-refractivity contribution in [3.05, 3.63) is 64.7 Å². The van der Waals surface area contributed by atoms with Crippen LogP contribution in [0.2, 0.25) is 0 Å². The lowest BCUT2D eigenvalue weighted by Gasteiger charge is -2.02. The number of hydrogen-bond acceptors (Lipinski definition) is 5. The van der Waals surface area contributed by atoms with Crippen LogP contribution in [-0.2, 0) is 5.75 Å². The van der Waals surface area contributed by atoms with Crippen molar-refractivity contribution in [1.29, 1.82) is 0 Å². The Balaban J connectivity index is 1.52. The van der Waals surface area contributed by atoms with E-state index in [1.165, 1.54) is 11.8 Å². The van der Waals surface area contributed by atoms with Crippen molar-refractivity contribution in [2.45, 2.75) is 10.9 Å². The maximum atomic E-state index is 12.2. The first-order chi connectivity index (χ1) is 12.3. The highest BCUT2D eigenvalue weighted by molar-refractivity contribution is 7.98. The minimum atomic E-state index is -0.124. The normalized spacial score (nSPS) is 11.7. The monoisotopic (exact) mass is 348 g/mol. The van der Waals surface area contributed by atoms with Crippen molar-refractivity contribution in [2.24, 2.45) is 0 Å². The molecule has 0 spiro atoms. The van der Waals surface area contributed by atoms with Gasteiger partial charge in [-0.05, 0) is 24.3 Å². The highest BCUT2D eigenvalue weighted by Crippen LogP contribution is 2.24. The SMILES string of the molecule is O=c1[nH]c(CSc2n[nH]c3nc4ccccc4n23)nc2ccccc12. The van der Waals surface area contributed by atoms with Gasteiger partial charge in [-0.1, -0.05) is 36.0 Å². The van der Waals surface area contributed by atoms with E-state index in [0.29, 0.717) is 28.3 Å². The number of fused-ring (bicyclic) bond motifs is 4. The van der Waals surface area contributed by atoms with Crippen molar-refractivity contribution in [3.63, 3.8) is 0 Å². The van der Waals surface area contributed by atoms with Crippen molar-refractivity contribution < 1.29 is 0 Å². The molecule has 0 aliphatic carbocycles. The Morgan fingerprint density at radius 3 is 2.72 bits per heavy atom. The second-order valence-corrected chi connectivity index (χ2v) is 6.53. The minimum Gasteiger partial charge on any atom is -0.309 e. The summed E-state index contributed by atoms with van der Waals surface area (Å²) >= 11 is 1.49. The molecule has 0 radical (unpaired) electrons. The molecule has 2 N–H and O–H groups in total. The van der Waals surface area contributed by atoms with E-state index in [9.17, 15) is 4.79 Å². The van der Waals surface area contributed by atoms with Gasteiger partial charge in [-0.25, -0.2) is 15.1 Å². The lowest BCUT2D eigenvalue weighted by Crippen LogP contribution is -2.11. The van der Waals surface area contributed by atoms with Crippen LogP contribution in [0.1, 0.15) is 5.82 Å². The van der Waals surface area contributed by atoms with Gasteiger partial charge in [0.25, 0.3) is 5.56 Å². The van der Waals surface area contributed by atoms with Crippen LogP contribution in [0.3, 0.4) is 0 Å². The molecule has 3 heterocycles. The summed E-state index contributed by atoms with van der Waals surface area (Å²) in [6, 6.07) is 15.2. The summed E-state index contributed by atoms with van der Waals surface area (Å²) in [5.41, 5.74) is 2.48. The fraction of sp³-hybridized carbons (Fsp3) is 0.0588. The van der Waals surface area contributed by atoms with E-state index in [1.54, 1.807) is 6.07 Å². The number of nitrogens with one attached hydrogen (secondary N) is 2. The molecule has 0 saturated heterocycles. The fourth-order valence-electron chi connectivity index (χ4n) is 2.88. The fourth-order valence-corrected chi connectivity index (χ4v) is 3.70. The van der Waals surface area contributed by atoms with Gasteiger partial charge in [0.2, 0.25) is 5.78 Å². The number of thioether (sulfide) groups is 1. The van der Waals surface area contributed by atoms with Crippen LogP contribution in [0.25, 0.3) is 27.7 Å². The average Bonchev–Trinajstić information content (AvgIpc) is 3.19. The Labute approximate surface area is 145 Å². The summed E-state index contributed by atoms with van der Waals surface area (Å²) in [7, 11) is 0. The Bertz CT molecular complexity index is 1280. The van der Waals surface area contributed by atoms with Crippen LogP contribution in [0, 0.1) is 0 Å². The van der Waals surface area contributed by atoms with Gasteiger partial charge in [0.05, 0.1) is 27.7 Å². The van der Waals surface area contributed by atoms with Gasteiger partial charge in [-0.3, -0.25) is 9.20 Å². The van der Waals surface area contributed by atoms with Crippen molar-refractivity contribution >= 4 is 39.5 Å². The molecule has 3 aromatic heterocycles. The van der Waals surface area contributed by atoms with Gasteiger partial charge in [0.15, 0.2) is 5.16 Å². The summed E-state index contributed by atoms with van der Waals surface area (Å²) < 4.78 is 1.97. The summed E-state index contributed by atoms with van der Waals surface area (Å²) in [4.78, 5) is 24.0. The molecule has 0 amide bonds. The van der Waals surface area contributed by atoms with Crippen LogP contribution in [0.5, 0.6) is 0 Å². The molecular weight excluding hydrogens is 336 g/mol. The molecule has 0 saturated carbocycles. The summed E-state index contributed by atoms with van der Waals surface area (Å²) in [6.07, 6.45) is 0. The second kappa shape index (κ2) is 5.45. The van der Waals surface area contributed by atoms with E-state index in [4.69, 9.17) is 0 Å². The van der Waals surface area contributed by atoms with Crippen LogP contribution in [0.4, 0.5) is 0 Å². The summed E-state index contributed by atoms with van der Waals surface area (Å²) in [5, 5.41) is 8.64. The number of hydrogen-bond donors (Lipinski definition) is 2. The van der Waals surface area contributed by atoms with Gasteiger partial charge in [0.1, 0.15) is 5.82 Å². The largest absolute Gasteiger partial charge is 0.309 e. The van der Waals surface area contributed by atoms with Crippen LogP contribution in [-0.4, -0.2) is 29.5 Å². The standard InChI is InChI=1S/C17H12N6OS/c24-15-10-5-1-2-6-11(10)18-14(20-15)9-25-17-22-21-16-19-12-7-3-4-8-13(12)23(16)17/h1-8H,9H2,(H,19,21)(H,18,20,24). The number of nitrogens with zero attached hydrogens (tertiary/aromatic N) is 4. The lowest BCUT2D eigenvalue weighted by molar-refractivity contribution is 0.935. The van der Waals surface area contributed by atoms with Gasteiger partial charge in [-0.2, -0.15) is 0 Å². The number of aromatic amines is 2. The van der Waals surface area contributed by atoms with E-state index >= 15 is 0 Å². The van der Waals surface area contributed by atoms with E-state index in [0.717, 1.165) is 16.2 Å². The number of imidazole rings is 1. The van der Waals surface area contributed by atoms with E-state index < -0.39 is 0 Å². The predicted molar refractivity (Wildman–Crippen MR) is 96.8 cm³/mol. The zero-order valence-corrected chi connectivity index (χ0v) is 13.7. The highest BCUT2D eigenvalue weighted by Gasteiger charge is 2.12. The van der Waals surface area contributed by atoms with Crippen LogP contribution in [0.15, 0.2) is 58.5 Å². The third-order valence-corrected chi connectivity index (χ3v) is 4.95. The molecule has 0 bridgehead atoms. The Morgan fingerprint density at radius 1 is 1.00 bits per heavy atom. The first-order valence-corrected chi connectivity index (χ1v) is 8.70. The van der Waals surface area contributed by atoms with Gasteiger partial charge in [0, 0.05) is 0 Å². The maximum Gasteiger partial charge on any atom is 0.258 e. The van der Waals surface area contributed by atoms with E-state index in [-0.39, 0.29) is 5.56 Å². The molecule has 122 valence electrons. The van der Waals surface area contributed by atoms with Gasteiger partial charge >= 0.3 is 0 Å². The molecular formula is C17H12N6OS. The Morgan fingerprint density at radius 2 is 1.80 bits per heavy atom. The average molecular weight is 348 g/mol. The molecule has 5 aromatic rings. The third kappa shape index (κ3) is 2.30. The quantitative estimate of drug-likeness (QED) is 0.489. The van der Waals surface area contributed by atoms with Crippen LogP contribution >= 0.6 is 11.8 Å². The zero-order valence-electron chi connectivity index (χ0n) is 12.9. The lowest BCUT2D eigenvalue weighted by atomic mass is 10.2. The topological polar surface area (TPSA) is 91.7 Å². The number of benzene rings is 2. The highest BCUT2D eigenvalue weighted by atomic mass is 32.2. The second-order valence-electron chi connectivity index (χ2n) is 5.58. The first-order valence-electron chi connectivity index (χ1n) is 7.72. The van der Waals surface area contributed by atoms with E-state index in [2.05, 4.69) is 25.1 Å². The van der Waals surface area contributed by atoms with Crippen molar-refractivity contribution in [2.75, 3.05) is 0 Å². The first kappa shape index (κ1) is 14.2. The molecule has 0 fully saturated rings. The van der Waals surface area contributed by atoms with Crippen molar-refractivity contribution in [1.82, 2.24) is 29.5 Å². The smallest absolute Gasteiger partial charge is 0.258 e. The Kier molecular flexibility index (Phi) is 3.10. The molecule has 0 aliphatic rings. The minimum absolute atomic E-state index is 0.124.